The highest BCUT2D eigenvalue weighted by atomic mass is 19.3. The predicted molar refractivity (Wildman–Crippen MR) is 63.4 cm³/mol. The molecule has 94 valence electrons. The maximum Gasteiger partial charge on any atom is 0.387 e. The van der Waals surface area contributed by atoms with E-state index in [0.29, 0.717) is 5.92 Å². The fourth-order valence-electron chi connectivity index (χ4n) is 2.57. The van der Waals surface area contributed by atoms with Crippen LogP contribution in [0.2, 0.25) is 0 Å². The minimum Gasteiger partial charge on any atom is -0.435 e. The average Bonchev–Trinajstić information content (AvgIpc) is 2.24. The maximum atomic E-state index is 12.0. The molecule has 0 amide bonds. The van der Waals surface area contributed by atoms with Gasteiger partial charge in [0.05, 0.1) is 0 Å². The summed E-state index contributed by atoms with van der Waals surface area (Å²) in [5.74, 6) is 1.72. The highest BCUT2D eigenvalue weighted by Crippen LogP contribution is 2.43. The van der Waals surface area contributed by atoms with Crippen LogP contribution in [0.1, 0.15) is 44.1 Å². The van der Waals surface area contributed by atoms with Crippen molar-refractivity contribution in [1.82, 2.24) is 0 Å². The van der Waals surface area contributed by atoms with Crippen molar-refractivity contribution in [2.24, 2.45) is 5.92 Å². The van der Waals surface area contributed by atoms with Crippen LogP contribution in [0.25, 0.3) is 0 Å². The largest absolute Gasteiger partial charge is 0.435 e. The summed E-state index contributed by atoms with van der Waals surface area (Å²) < 4.78 is 28.3. The molecule has 1 nitrogen and oxygen atoms in total. The van der Waals surface area contributed by atoms with E-state index >= 15 is 0 Å². The molecule has 0 heterocycles. The van der Waals surface area contributed by atoms with Crippen LogP contribution in [0.4, 0.5) is 8.78 Å². The molecule has 3 heteroatoms. The standard InChI is InChI=1S/C14H18F2O/c1-2-3-10-8-12(9-10)11-4-6-13(7-5-11)17-14(15)16/h4-7,10,12,14H,2-3,8-9H2,1H3. The summed E-state index contributed by atoms with van der Waals surface area (Å²) in [6.45, 7) is -0.525. The van der Waals surface area contributed by atoms with Crippen molar-refractivity contribution in [3.8, 4) is 5.75 Å². The van der Waals surface area contributed by atoms with Gasteiger partial charge >= 0.3 is 6.61 Å². The lowest BCUT2D eigenvalue weighted by Gasteiger charge is -2.35. The maximum absolute atomic E-state index is 12.0. The molecular formula is C14H18F2O. The molecule has 1 aromatic carbocycles. The second-order valence-corrected chi connectivity index (χ2v) is 4.77. The smallest absolute Gasteiger partial charge is 0.387 e. The Morgan fingerprint density at radius 1 is 1.24 bits per heavy atom. The van der Waals surface area contributed by atoms with E-state index in [4.69, 9.17) is 0 Å². The zero-order chi connectivity index (χ0) is 12.3. The molecule has 0 spiro atoms. The Kier molecular flexibility index (Phi) is 3.97. The van der Waals surface area contributed by atoms with Gasteiger partial charge in [0.25, 0.3) is 0 Å². The SMILES string of the molecule is CCCC1CC(c2ccc(OC(F)F)cc2)C1. The van der Waals surface area contributed by atoms with Crippen LogP contribution in [0.5, 0.6) is 5.75 Å². The topological polar surface area (TPSA) is 9.23 Å². The summed E-state index contributed by atoms with van der Waals surface area (Å²) in [5, 5.41) is 0. The minimum atomic E-state index is -2.74. The molecular weight excluding hydrogens is 222 g/mol. The Labute approximate surface area is 101 Å². The van der Waals surface area contributed by atoms with Gasteiger partial charge in [-0.2, -0.15) is 8.78 Å². The molecule has 0 saturated heterocycles. The van der Waals surface area contributed by atoms with Gasteiger partial charge in [0.2, 0.25) is 0 Å². The van der Waals surface area contributed by atoms with Gasteiger partial charge in [0, 0.05) is 0 Å². The predicted octanol–water partition coefficient (Wildman–Crippen LogP) is 4.58. The van der Waals surface area contributed by atoms with Crippen LogP contribution in [0.15, 0.2) is 24.3 Å². The van der Waals surface area contributed by atoms with Crippen LogP contribution < -0.4 is 4.74 Å². The van der Waals surface area contributed by atoms with E-state index in [9.17, 15) is 8.78 Å². The van der Waals surface area contributed by atoms with Gasteiger partial charge in [-0.15, -0.1) is 0 Å². The van der Waals surface area contributed by atoms with E-state index in [1.807, 2.05) is 12.1 Å². The number of halogens is 2. The van der Waals surface area contributed by atoms with E-state index in [2.05, 4.69) is 11.7 Å². The van der Waals surface area contributed by atoms with Crippen LogP contribution in [-0.4, -0.2) is 6.61 Å². The first-order chi connectivity index (χ1) is 8.19. The Balaban J connectivity index is 1.87. The molecule has 0 aromatic heterocycles. The van der Waals surface area contributed by atoms with Crippen LogP contribution >= 0.6 is 0 Å². The fraction of sp³-hybridized carbons (Fsp3) is 0.571. The monoisotopic (exact) mass is 240 g/mol. The lowest BCUT2D eigenvalue weighted by Crippen LogP contribution is -2.21. The van der Waals surface area contributed by atoms with Crippen LogP contribution in [-0.2, 0) is 0 Å². The highest BCUT2D eigenvalue weighted by molar-refractivity contribution is 5.30. The van der Waals surface area contributed by atoms with Gasteiger partial charge in [0.1, 0.15) is 5.75 Å². The van der Waals surface area contributed by atoms with E-state index < -0.39 is 6.61 Å². The van der Waals surface area contributed by atoms with Crippen molar-refractivity contribution in [1.29, 1.82) is 0 Å². The van der Waals surface area contributed by atoms with Crippen molar-refractivity contribution < 1.29 is 13.5 Å². The quantitative estimate of drug-likeness (QED) is 0.731. The van der Waals surface area contributed by atoms with Gasteiger partial charge in [0.15, 0.2) is 0 Å². The van der Waals surface area contributed by atoms with Gasteiger partial charge in [-0.3, -0.25) is 0 Å². The second-order valence-electron chi connectivity index (χ2n) is 4.77. The number of hydrogen-bond acceptors (Lipinski definition) is 1. The zero-order valence-electron chi connectivity index (χ0n) is 10.0. The number of ether oxygens (including phenoxy) is 1. The third-order valence-electron chi connectivity index (χ3n) is 3.51. The van der Waals surface area contributed by atoms with Crippen LogP contribution in [0, 0.1) is 5.92 Å². The number of rotatable bonds is 5. The highest BCUT2D eigenvalue weighted by Gasteiger charge is 2.29. The summed E-state index contributed by atoms with van der Waals surface area (Å²) >= 11 is 0. The summed E-state index contributed by atoms with van der Waals surface area (Å²) in [6, 6.07) is 7.08. The van der Waals surface area contributed by atoms with Crippen molar-refractivity contribution in [2.45, 2.75) is 45.1 Å². The molecule has 1 fully saturated rings. The number of alkyl halides is 2. The molecule has 0 radical (unpaired) electrons. The third-order valence-corrected chi connectivity index (χ3v) is 3.51. The Morgan fingerprint density at radius 2 is 1.88 bits per heavy atom. The number of benzene rings is 1. The zero-order valence-corrected chi connectivity index (χ0v) is 10.0. The minimum absolute atomic E-state index is 0.244. The lowest BCUT2D eigenvalue weighted by atomic mass is 9.70. The molecule has 0 bridgehead atoms. The Hall–Kier alpha value is -1.12. The Morgan fingerprint density at radius 3 is 2.41 bits per heavy atom. The van der Waals surface area contributed by atoms with E-state index in [0.717, 1.165) is 5.92 Å². The van der Waals surface area contributed by atoms with Crippen LogP contribution in [0.3, 0.4) is 0 Å². The third kappa shape index (κ3) is 3.18. The first-order valence-corrected chi connectivity index (χ1v) is 6.23. The van der Waals surface area contributed by atoms with Crippen molar-refractivity contribution in [3.05, 3.63) is 29.8 Å². The molecule has 0 unspecified atom stereocenters. The number of hydrogen-bond donors (Lipinski definition) is 0. The first kappa shape index (κ1) is 12.3. The Bertz CT molecular complexity index is 342. The molecule has 17 heavy (non-hydrogen) atoms. The van der Waals surface area contributed by atoms with Gasteiger partial charge in [-0.1, -0.05) is 31.9 Å². The van der Waals surface area contributed by atoms with E-state index in [1.165, 1.54) is 31.2 Å². The molecule has 1 aliphatic rings. The first-order valence-electron chi connectivity index (χ1n) is 6.23. The van der Waals surface area contributed by atoms with E-state index in [1.54, 1.807) is 12.1 Å². The van der Waals surface area contributed by atoms with E-state index in [-0.39, 0.29) is 5.75 Å². The molecule has 1 aliphatic carbocycles. The second kappa shape index (κ2) is 5.48. The van der Waals surface area contributed by atoms with Gasteiger partial charge in [-0.25, -0.2) is 0 Å². The molecule has 0 atom stereocenters. The van der Waals surface area contributed by atoms with Crippen molar-refractivity contribution in [3.63, 3.8) is 0 Å². The molecule has 1 saturated carbocycles. The normalized spacial score (nSPS) is 23.5. The van der Waals surface area contributed by atoms with Crippen molar-refractivity contribution >= 4 is 0 Å². The molecule has 0 aliphatic heterocycles. The van der Waals surface area contributed by atoms with Crippen molar-refractivity contribution in [2.75, 3.05) is 0 Å². The average molecular weight is 240 g/mol. The van der Waals surface area contributed by atoms with Gasteiger partial charge < -0.3 is 4.74 Å². The molecule has 0 N–H and O–H groups in total. The fourth-order valence-corrected chi connectivity index (χ4v) is 2.57. The lowest BCUT2D eigenvalue weighted by molar-refractivity contribution is -0.0498. The summed E-state index contributed by atoms with van der Waals surface area (Å²) in [5.41, 5.74) is 1.25. The molecule has 1 aromatic rings. The summed E-state index contributed by atoms with van der Waals surface area (Å²) in [4.78, 5) is 0. The molecule has 2 rings (SSSR count). The van der Waals surface area contributed by atoms with Gasteiger partial charge in [-0.05, 0) is 42.4 Å². The summed E-state index contributed by atoms with van der Waals surface area (Å²) in [7, 11) is 0. The summed E-state index contributed by atoms with van der Waals surface area (Å²) in [6.07, 6.45) is 5.04.